The second-order valence-electron chi connectivity index (χ2n) is 2.64. The lowest BCUT2D eigenvalue weighted by Gasteiger charge is -2.24. The van der Waals surface area contributed by atoms with Gasteiger partial charge in [0.1, 0.15) is 0 Å². The summed E-state index contributed by atoms with van der Waals surface area (Å²) in [5, 5.41) is 2.70. The summed E-state index contributed by atoms with van der Waals surface area (Å²) < 4.78 is 12.5. The Morgan fingerprint density at radius 2 is 2.44 bits per heavy atom. The smallest absolute Gasteiger partial charge is 0.151 e. The Morgan fingerprint density at radius 1 is 1.78 bits per heavy atom. The number of piperidine rings is 1. The van der Waals surface area contributed by atoms with Crippen LogP contribution in [0.1, 0.15) is 13.3 Å². The lowest BCUT2D eigenvalue weighted by Crippen LogP contribution is -2.35. The molecule has 0 spiro atoms. The fourth-order valence-corrected chi connectivity index (χ4v) is 0.976. The molecule has 1 nitrogen and oxygen atoms in total. The highest BCUT2D eigenvalue weighted by molar-refractivity contribution is 5.04. The van der Waals surface area contributed by atoms with Crippen molar-refractivity contribution in [1.82, 2.24) is 5.32 Å². The zero-order valence-electron chi connectivity index (χ0n) is 5.65. The highest BCUT2D eigenvalue weighted by atomic mass is 19.1. The first kappa shape index (κ1) is 6.75. The van der Waals surface area contributed by atoms with E-state index in [-0.39, 0.29) is 0 Å². The van der Waals surface area contributed by atoms with Crippen molar-refractivity contribution in [3.8, 4) is 0 Å². The monoisotopic (exact) mass is 129 g/mol. The summed E-state index contributed by atoms with van der Waals surface area (Å²) in [6, 6.07) is 0. The molecule has 1 aliphatic heterocycles. The minimum atomic E-state index is -0.814. The summed E-state index contributed by atoms with van der Waals surface area (Å²) in [5.41, 5.74) is 1.11. The third-order valence-corrected chi connectivity index (χ3v) is 1.81. The Labute approximate surface area is 54.9 Å². The molecule has 1 N–H and O–H groups in total. The Kier molecular flexibility index (Phi) is 1.86. The summed E-state index contributed by atoms with van der Waals surface area (Å²) >= 11 is 0. The minimum absolute atomic E-state index is 0.348. The van der Waals surface area contributed by atoms with E-state index in [4.69, 9.17) is 0 Å². The van der Waals surface area contributed by atoms with Crippen LogP contribution in [0.4, 0.5) is 4.39 Å². The number of hydrogen-bond acceptors (Lipinski definition) is 1. The molecule has 1 fully saturated rings. The molecule has 0 aromatic rings. The third kappa shape index (κ3) is 1.52. The predicted molar refractivity (Wildman–Crippen MR) is 35.8 cm³/mol. The Balaban J connectivity index is 2.44. The highest BCUT2D eigenvalue weighted by Gasteiger charge is 2.19. The average molecular weight is 129 g/mol. The Morgan fingerprint density at radius 3 is 2.89 bits per heavy atom. The van der Waals surface area contributed by atoms with Crippen LogP contribution in [-0.2, 0) is 0 Å². The molecule has 1 aliphatic rings. The molecule has 9 heavy (non-hydrogen) atoms. The number of nitrogens with one attached hydrogen (secondary N) is 1. The van der Waals surface area contributed by atoms with Gasteiger partial charge in [-0.2, -0.15) is 0 Å². The number of halogens is 1. The maximum absolute atomic E-state index is 12.5. The van der Waals surface area contributed by atoms with Crippen LogP contribution >= 0.6 is 0 Å². The highest BCUT2D eigenvalue weighted by Crippen LogP contribution is 2.19. The fourth-order valence-electron chi connectivity index (χ4n) is 0.976. The molecular formula is C7H12FN. The van der Waals surface area contributed by atoms with Gasteiger partial charge in [0.15, 0.2) is 6.30 Å². The van der Waals surface area contributed by atoms with Crippen LogP contribution in [0.3, 0.4) is 0 Å². The van der Waals surface area contributed by atoms with Gasteiger partial charge >= 0.3 is 0 Å². The Hall–Kier alpha value is -0.370. The molecule has 0 aliphatic carbocycles. The quantitative estimate of drug-likeness (QED) is 0.386. The van der Waals surface area contributed by atoms with Crippen molar-refractivity contribution in [2.75, 3.05) is 6.54 Å². The minimum Gasteiger partial charge on any atom is -0.284 e. The van der Waals surface area contributed by atoms with Gasteiger partial charge in [0.25, 0.3) is 0 Å². The first-order valence-corrected chi connectivity index (χ1v) is 3.25. The van der Waals surface area contributed by atoms with Crippen LogP contribution < -0.4 is 5.32 Å². The van der Waals surface area contributed by atoms with E-state index in [1.807, 2.05) is 6.92 Å². The summed E-state index contributed by atoms with van der Waals surface area (Å²) in [7, 11) is 0. The van der Waals surface area contributed by atoms with E-state index in [9.17, 15) is 4.39 Å². The van der Waals surface area contributed by atoms with Gasteiger partial charge in [-0.25, -0.2) is 4.39 Å². The molecule has 1 rings (SSSR count). The molecule has 2 unspecified atom stereocenters. The van der Waals surface area contributed by atoms with Gasteiger partial charge in [-0.15, -0.1) is 0 Å². The molecule has 0 bridgehead atoms. The van der Waals surface area contributed by atoms with Crippen molar-refractivity contribution >= 4 is 0 Å². The average Bonchev–Trinajstić information content (AvgIpc) is 1.80. The van der Waals surface area contributed by atoms with Crippen molar-refractivity contribution in [3.63, 3.8) is 0 Å². The molecule has 1 saturated heterocycles. The molecule has 2 atom stereocenters. The van der Waals surface area contributed by atoms with Crippen LogP contribution in [-0.4, -0.2) is 12.8 Å². The summed E-state index contributed by atoms with van der Waals surface area (Å²) in [4.78, 5) is 0. The molecule has 2 heteroatoms. The molecule has 52 valence electrons. The lowest BCUT2D eigenvalue weighted by molar-refractivity contribution is 0.217. The topological polar surface area (TPSA) is 12.0 Å². The normalized spacial score (nSPS) is 36.9. The van der Waals surface area contributed by atoms with Gasteiger partial charge in [-0.05, 0) is 12.3 Å². The molecule has 0 saturated carbocycles. The first-order valence-electron chi connectivity index (χ1n) is 3.25. The molecule has 0 amide bonds. The van der Waals surface area contributed by atoms with Crippen molar-refractivity contribution in [2.45, 2.75) is 19.6 Å². The van der Waals surface area contributed by atoms with E-state index in [1.54, 1.807) is 0 Å². The van der Waals surface area contributed by atoms with Crippen LogP contribution in [0.2, 0.25) is 0 Å². The van der Waals surface area contributed by atoms with Crippen LogP contribution in [0.25, 0.3) is 0 Å². The van der Waals surface area contributed by atoms with Crippen LogP contribution in [0.15, 0.2) is 12.2 Å². The van der Waals surface area contributed by atoms with Crippen LogP contribution in [0, 0.1) is 5.92 Å². The van der Waals surface area contributed by atoms with Crippen molar-refractivity contribution in [3.05, 3.63) is 12.2 Å². The van der Waals surface area contributed by atoms with Gasteiger partial charge < -0.3 is 0 Å². The molecular weight excluding hydrogens is 117 g/mol. The maximum Gasteiger partial charge on any atom is 0.151 e. The summed E-state index contributed by atoms with van der Waals surface area (Å²) in [6.45, 7) is 6.45. The van der Waals surface area contributed by atoms with Gasteiger partial charge in [-0.3, -0.25) is 5.32 Å². The zero-order valence-corrected chi connectivity index (χ0v) is 5.65. The molecule has 0 aromatic carbocycles. The van der Waals surface area contributed by atoms with Crippen molar-refractivity contribution in [1.29, 1.82) is 0 Å². The zero-order chi connectivity index (χ0) is 6.85. The lowest BCUT2D eigenvalue weighted by atomic mass is 9.95. The third-order valence-electron chi connectivity index (χ3n) is 1.81. The fraction of sp³-hybridized carbons (Fsp3) is 0.714. The maximum atomic E-state index is 12.5. The Bertz CT molecular complexity index is 122. The summed E-state index contributed by atoms with van der Waals surface area (Å²) in [6.07, 6.45) is -0.232. The number of alkyl halides is 1. The molecule has 0 radical (unpaired) electrons. The van der Waals surface area contributed by atoms with Gasteiger partial charge in [0, 0.05) is 6.54 Å². The van der Waals surface area contributed by atoms with Gasteiger partial charge in [0.2, 0.25) is 0 Å². The van der Waals surface area contributed by atoms with E-state index >= 15 is 0 Å². The predicted octanol–water partition coefficient (Wildman–Crippen LogP) is 1.47. The molecule has 0 aromatic heterocycles. The first-order chi connectivity index (χ1) is 4.20. The van der Waals surface area contributed by atoms with E-state index in [2.05, 4.69) is 11.9 Å². The number of rotatable bonds is 0. The number of hydrogen-bond donors (Lipinski definition) is 1. The van der Waals surface area contributed by atoms with E-state index in [0.29, 0.717) is 18.9 Å². The SMILES string of the molecule is C=C1CNC(F)CC1C. The van der Waals surface area contributed by atoms with Crippen molar-refractivity contribution < 1.29 is 4.39 Å². The second kappa shape index (κ2) is 2.48. The van der Waals surface area contributed by atoms with Crippen LogP contribution in [0.5, 0.6) is 0 Å². The second-order valence-corrected chi connectivity index (χ2v) is 2.64. The van der Waals surface area contributed by atoms with Gasteiger partial charge in [-0.1, -0.05) is 19.1 Å². The van der Waals surface area contributed by atoms with Crippen molar-refractivity contribution in [2.24, 2.45) is 5.92 Å². The largest absolute Gasteiger partial charge is 0.284 e. The van der Waals surface area contributed by atoms with Gasteiger partial charge in [0.05, 0.1) is 0 Å². The van der Waals surface area contributed by atoms with E-state index in [0.717, 1.165) is 5.57 Å². The van der Waals surface area contributed by atoms with E-state index < -0.39 is 6.30 Å². The van der Waals surface area contributed by atoms with E-state index in [1.165, 1.54) is 0 Å². The summed E-state index contributed by atoms with van der Waals surface area (Å²) in [5.74, 6) is 0.348. The molecule has 1 heterocycles. The standard InChI is InChI=1S/C7H12FN/c1-5-3-7(8)9-4-6(5)2/h5,7,9H,2-4H2,1H3.